The molecular weight excluding hydrogens is 284 g/mol. The second-order valence-corrected chi connectivity index (χ2v) is 5.24. The second kappa shape index (κ2) is 6.23. The van der Waals surface area contributed by atoms with Gasteiger partial charge in [-0.2, -0.15) is 5.26 Å². The van der Waals surface area contributed by atoms with Gasteiger partial charge in [0.25, 0.3) is 5.91 Å². The first-order valence-corrected chi connectivity index (χ1v) is 6.55. The number of hydrogen-bond donors (Lipinski definition) is 1. The van der Waals surface area contributed by atoms with Gasteiger partial charge >= 0.3 is 0 Å². The van der Waals surface area contributed by atoms with E-state index in [9.17, 15) is 4.79 Å². The fourth-order valence-corrected chi connectivity index (χ4v) is 2.32. The van der Waals surface area contributed by atoms with Crippen molar-refractivity contribution in [3.05, 3.63) is 45.6 Å². The lowest BCUT2D eigenvalue weighted by molar-refractivity contribution is 0.103. The largest absolute Gasteiger partial charge is 0.479 e. The normalized spacial score (nSPS) is 9.68. The molecule has 0 saturated heterocycles. The van der Waals surface area contributed by atoms with Gasteiger partial charge in [0.2, 0.25) is 0 Å². The van der Waals surface area contributed by atoms with E-state index in [4.69, 9.17) is 21.6 Å². The van der Waals surface area contributed by atoms with Crippen molar-refractivity contribution >= 4 is 34.5 Å². The Morgan fingerprint density at radius 2 is 2.05 bits per heavy atom. The van der Waals surface area contributed by atoms with E-state index in [1.165, 1.54) is 11.3 Å². The zero-order chi connectivity index (χ0) is 13.7. The first-order chi connectivity index (χ1) is 9.19. The Morgan fingerprint density at radius 3 is 2.63 bits per heavy atom. The SMILES string of the molecule is N#CCOc1ccc(NC(=O)c2ccc(Cl)s2)cc1. The van der Waals surface area contributed by atoms with Crippen molar-refractivity contribution < 1.29 is 9.53 Å². The van der Waals surface area contributed by atoms with Crippen LogP contribution in [0.5, 0.6) is 5.75 Å². The van der Waals surface area contributed by atoms with Gasteiger partial charge < -0.3 is 10.1 Å². The van der Waals surface area contributed by atoms with Crippen molar-refractivity contribution in [3.63, 3.8) is 0 Å². The molecule has 0 aliphatic heterocycles. The first kappa shape index (κ1) is 13.4. The molecule has 0 spiro atoms. The molecule has 1 amide bonds. The van der Waals surface area contributed by atoms with Crippen molar-refractivity contribution in [1.82, 2.24) is 0 Å². The lowest BCUT2D eigenvalue weighted by atomic mass is 10.3. The van der Waals surface area contributed by atoms with Crippen LogP contribution in [0, 0.1) is 11.3 Å². The maximum absolute atomic E-state index is 11.9. The fourth-order valence-electron chi connectivity index (χ4n) is 1.38. The van der Waals surface area contributed by atoms with Crippen molar-refractivity contribution in [2.75, 3.05) is 11.9 Å². The van der Waals surface area contributed by atoms with Crippen LogP contribution in [0.4, 0.5) is 5.69 Å². The maximum Gasteiger partial charge on any atom is 0.265 e. The van der Waals surface area contributed by atoms with E-state index in [1.54, 1.807) is 36.4 Å². The Kier molecular flexibility index (Phi) is 4.39. The van der Waals surface area contributed by atoms with E-state index in [0.29, 0.717) is 20.7 Å². The van der Waals surface area contributed by atoms with Crippen LogP contribution < -0.4 is 10.1 Å². The second-order valence-electron chi connectivity index (χ2n) is 3.53. The number of rotatable bonds is 4. The number of thiophene rings is 1. The predicted molar refractivity (Wildman–Crippen MR) is 74.8 cm³/mol. The number of benzene rings is 1. The summed E-state index contributed by atoms with van der Waals surface area (Å²) in [5, 5.41) is 11.1. The number of carbonyl (C=O) groups excluding carboxylic acids is 1. The summed E-state index contributed by atoms with van der Waals surface area (Å²) in [7, 11) is 0. The number of carbonyl (C=O) groups is 1. The molecule has 0 atom stereocenters. The summed E-state index contributed by atoms with van der Waals surface area (Å²) in [6, 6.07) is 12.0. The topological polar surface area (TPSA) is 62.1 Å². The molecule has 1 heterocycles. The summed E-state index contributed by atoms with van der Waals surface area (Å²) in [5.74, 6) is 0.376. The van der Waals surface area contributed by atoms with Gasteiger partial charge in [-0.15, -0.1) is 11.3 Å². The molecule has 0 radical (unpaired) electrons. The molecule has 0 unspecified atom stereocenters. The highest BCUT2D eigenvalue weighted by Gasteiger charge is 2.08. The lowest BCUT2D eigenvalue weighted by Crippen LogP contribution is -2.09. The number of halogens is 1. The Bertz CT molecular complexity index is 616. The summed E-state index contributed by atoms with van der Waals surface area (Å²) in [4.78, 5) is 12.4. The summed E-state index contributed by atoms with van der Waals surface area (Å²) < 4.78 is 5.69. The lowest BCUT2D eigenvalue weighted by Gasteiger charge is -2.05. The summed E-state index contributed by atoms with van der Waals surface area (Å²) in [6.45, 7) is -0.000595. The predicted octanol–water partition coefficient (Wildman–Crippen LogP) is 3.56. The van der Waals surface area contributed by atoms with E-state index in [2.05, 4.69) is 5.32 Å². The fraction of sp³-hybridized carbons (Fsp3) is 0.0769. The van der Waals surface area contributed by atoms with Crippen LogP contribution >= 0.6 is 22.9 Å². The molecule has 0 aliphatic carbocycles. The van der Waals surface area contributed by atoms with Crippen molar-refractivity contribution in [3.8, 4) is 11.8 Å². The highest BCUT2D eigenvalue weighted by Crippen LogP contribution is 2.23. The molecule has 1 aromatic heterocycles. The van der Waals surface area contributed by atoms with Crippen LogP contribution in [0.15, 0.2) is 36.4 Å². The van der Waals surface area contributed by atoms with Crippen LogP contribution in [0.25, 0.3) is 0 Å². The summed E-state index contributed by atoms with van der Waals surface area (Å²) in [6.07, 6.45) is 0. The molecule has 96 valence electrons. The summed E-state index contributed by atoms with van der Waals surface area (Å²) in [5.41, 5.74) is 0.652. The van der Waals surface area contributed by atoms with Crippen LogP contribution in [0.3, 0.4) is 0 Å². The smallest absolute Gasteiger partial charge is 0.265 e. The molecule has 2 aromatic rings. The first-order valence-electron chi connectivity index (χ1n) is 5.35. The monoisotopic (exact) mass is 292 g/mol. The number of ether oxygens (including phenoxy) is 1. The molecule has 2 rings (SSSR count). The van der Waals surface area contributed by atoms with Gasteiger partial charge in [-0.05, 0) is 36.4 Å². The standard InChI is InChI=1S/C13H9ClN2O2S/c14-12-6-5-11(19-12)13(17)16-9-1-3-10(4-2-9)18-8-7-15/h1-6H,8H2,(H,16,17). The number of nitriles is 1. The van der Waals surface area contributed by atoms with Gasteiger partial charge in [0.1, 0.15) is 11.8 Å². The minimum absolute atomic E-state index is 0.000595. The average Bonchev–Trinajstić information content (AvgIpc) is 2.85. The molecule has 0 aliphatic rings. The molecule has 19 heavy (non-hydrogen) atoms. The quantitative estimate of drug-likeness (QED) is 0.937. The Labute approximate surface area is 119 Å². The third kappa shape index (κ3) is 3.71. The number of nitrogens with one attached hydrogen (secondary N) is 1. The van der Waals surface area contributed by atoms with Crippen molar-refractivity contribution in [2.24, 2.45) is 0 Å². The molecule has 0 fully saturated rings. The number of nitrogens with zero attached hydrogens (tertiary/aromatic N) is 1. The summed E-state index contributed by atoms with van der Waals surface area (Å²) >= 11 is 6.99. The van der Waals surface area contributed by atoms with E-state index < -0.39 is 0 Å². The van der Waals surface area contributed by atoms with Gasteiger partial charge in [0.15, 0.2) is 6.61 Å². The van der Waals surface area contributed by atoms with Crippen LogP contribution in [-0.4, -0.2) is 12.5 Å². The third-order valence-electron chi connectivity index (χ3n) is 2.21. The van der Waals surface area contributed by atoms with Gasteiger partial charge in [-0.1, -0.05) is 11.6 Å². The van der Waals surface area contributed by atoms with Crippen LogP contribution in [-0.2, 0) is 0 Å². The average molecular weight is 293 g/mol. The van der Waals surface area contributed by atoms with E-state index in [0.717, 1.165) is 0 Å². The minimum atomic E-state index is -0.206. The molecule has 4 nitrogen and oxygen atoms in total. The zero-order valence-electron chi connectivity index (χ0n) is 9.72. The van der Waals surface area contributed by atoms with Gasteiger partial charge in [0, 0.05) is 5.69 Å². The van der Waals surface area contributed by atoms with Crippen LogP contribution in [0.2, 0.25) is 4.34 Å². The number of anilines is 1. The van der Waals surface area contributed by atoms with E-state index >= 15 is 0 Å². The van der Waals surface area contributed by atoms with Gasteiger partial charge in [-0.25, -0.2) is 0 Å². The number of hydrogen-bond acceptors (Lipinski definition) is 4. The number of amides is 1. The highest BCUT2D eigenvalue weighted by atomic mass is 35.5. The third-order valence-corrected chi connectivity index (χ3v) is 3.44. The Morgan fingerprint density at radius 1 is 1.32 bits per heavy atom. The van der Waals surface area contributed by atoms with Crippen molar-refractivity contribution in [2.45, 2.75) is 0 Å². The van der Waals surface area contributed by atoms with Gasteiger partial charge in [0.05, 0.1) is 9.21 Å². The van der Waals surface area contributed by atoms with Gasteiger partial charge in [-0.3, -0.25) is 4.79 Å². The van der Waals surface area contributed by atoms with E-state index in [1.807, 2.05) is 6.07 Å². The van der Waals surface area contributed by atoms with Crippen molar-refractivity contribution in [1.29, 1.82) is 5.26 Å². The Hall–Kier alpha value is -2.03. The molecule has 0 bridgehead atoms. The van der Waals surface area contributed by atoms with Crippen LogP contribution in [0.1, 0.15) is 9.67 Å². The maximum atomic E-state index is 11.9. The zero-order valence-corrected chi connectivity index (χ0v) is 11.3. The molecule has 6 heteroatoms. The molecular formula is C13H9ClN2O2S. The highest BCUT2D eigenvalue weighted by molar-refractivity contribution is 7.18. The molecule has 1 aromatic carbocycles. The van der Waals surface area contributed by atoms with E-state index in [-0.39, 0.29) is 12.5 Å². The molecule has 1 N–H and O–H groups in total. The Balaban J connectivity index is 2.00. The molecule has 0 saturated carbocycles. The minimum Gasteiger partial charge on any atom is -0.479 e.